The molecule has 29 heavy (non-hydrogen) atoms. The number of aryl methyl sites for hydroxylation is 1. The number of nitrogens with zero attached hydrogens (tertiary/aromatic N) is 4. The molecule has 2 aromatic rings. The first-order valence-electron chi connectivity index (χ1n) is 9.47. The lowest BCUT2D eigenvalue weighted by Crippen LogP contribution is -2.40. The van der Waals surface area contributed by atoms with Crippen LogP contribution in [0.1, 0.15) is 24.7 Å². The van der Waals surface area contributed by atoms with Gasteiger partial charge in [-0.05, 0) is 44.0 Å². The second kappa shape index (κ2) is 8.42. The number of nitrogens with one attached hydrogen (secondary N) is 1. The van der Waals surface area contributed by atoms with E-state index in [1.54, 1.807) is 12.1 Å². The predicted octanol–water partition coefficient (Wildman–Crippen LogP) is 1.67. The fraction of sp³-hybridized carbons (Fsp3) is 0.500. The Labute approximate surface area is 173 Å². The summed E-state index contributed by atoms with van der Waals surface area (Å²) in [7, 11) is -3.54. The van der Waals surface area contributed by atoms with Gasteiger partial charge >= 0.3 is 0 Å². The van der Waals surface area contributed by atoms with E-state index >= 15 is 0 Å². The molecule has 1 aromatic heterocycles. The lowest BCUT2D eigenvalue weighted by molar-refractivity contribution is -0.113. The van der Waals surface area contributed by atoms with Crippen molar-refractivity contribution in [2.75, 3.05) is 37.4 Å². The number of rotatable bonds is 7. The zero-order valence-corrected chi connectivity index (χ0v) is 17.7. The number of sulfonamides is 1. The van der Waals surface area contributed by atoms with Crippen molar-refractivity contribution in [3.8, 4) is 0 Å². The van der Waals surface area contributed by atoms with Crippen LogP contribution in [0.4, 0.5) is 5.69 Å². The zero-order chi connectivity index (χ0) is 20.4. The van der Waals surface area contributed by atoms with Crippen LogP contribution in [0.5, 0.6) is 0 Å². The van der Waals surface area contributed by atoms with E-state index in [1.165, 1.54) is 28.2 Å². The van der Waals surface area contributed by atoms with Gasteiger partial charge in [-0.15, -0.1) is 10.2 Å². The average Bonchev–Trinajstić information content (AvgIpc) is 3.49. The summed E-state index contributed by atoms with van der Waals surface area (Å²) in [5.41, 5.74) is 0.552. The number of aromatic nitrogens is 3. The maximum absolute atomic E-state index is 12.6. The minimum Gasteiger partial charge on any atom is -0.379 e. The fourth-order valence-electron chi connectivity index (χ4n) is 3.17. The molecule has 1 saturated heterocycles. The normalized spacial score (nSPS) is 18.0. The number of hydrogen-bond donors (Lipinski definition) is 1. The molecule has 1 N–H and O–H groups in total. The first-order valence-corrected chi connectivity index (χ1v) is 11.9. The molecule has 1 aromatic carbocycles. The monoisotopic (exact) mass is 437 g/mol. The number of ether oxygens (including phenoxy) is 1. The average molecular weight is 438 g/mol. The third-order valence-corrected chi connectivity index (χ3v) is 7.68. The SMILES string of the molecule is Cc1nnc(SCC(=O)Nc2ccc(S(=O)(=O)N3CCOCC3)cc2)n1C1CC1. The van der Waals surface area contributed by atoms with Crippen molar-refractivity contribution in [2.24, 2.45) is 0 Å². The largest absolute Gasteiger partial charge is 0.379 e. The quantitative estimate of drug-likeness (QED) is 0.657. The molecule has 1 amide bonds. The number of carbonyl (C=O) groups is 1. The zero-order valence-electron chi connectivity index (χ0n) is 16.1. The fourth-order valence-corrected chi connectivity index (χ4v) is 5.43. The van der Waals surface area contributed by atoms with Gasteiger partial charge in [-0.1, -0.05) is 11.8 Å². The molecule has 0 unspecified atom stereocenters. The molecule has 0 spiro atoms. The minimum atomic E-state index is -3.54. The Bertz CT molecular complexity index is 980. The number of carbonyl (C=O) groups excluding carboxylic acids is 1. The summed E-state index contributed by atoms with van der Waals surface area (Å²) < 4.78 is 34.0. The van der Waals surface area contributed by atoms with Crippen LogP contribution in [0.15, 0.2) is 34.3 Å². The Morgan fingerprint density at radius 3 is 2.55 bits per heavy atom. The van der Waals surface area contributed by atoms with Crippen molar-refractivity contribution in [1.29, 1.82) is 0 Å². The molecule has 0 bridgehead atoms. The molecule has 1 saturated carbocycles. The van der Waals surface area contributed by atoms with Crippen molar-refractivity contribution in [1.82, 2.24) is 19.1 Å². The first kappa shape index (κ1) is 20.3. The first-order chi connectivity index (χ1) is 13.9. The van der Waals surface area contributed by atoms with Crippen LogP contribution in [-0.4, -0.2) is 65.5 Å². The number of amides is 1. The van der Waals surface area contributed by atoms with Gasteiger partial charge in [0.1, 0.15) is 5.82 Å². The molecule has 2 heterocycles. The van der Waals surface area contributed by atoms with Gasteiger partial charge < -0.3 is 14.6 Å². The highest BCUT2D eigenvalue weighted by molar-refractivity contribution is 7.99. The molecule has 156 valence electrons. The van der Waals surface area contributed by atoms with Crippen LogP contribution in [0, 0.1) is 6.92 Å². The summed E-state index contributed by atoms with van der Waals surface area (Å²) in [5, 5.41) is 11.8. The molecule has 0 atom stereocenters. The van der Waals surface area contributed by atoms with Gasteiger partial charge in [0.25, 0.3) is 0 Å². The van der Waals surface area contributed by atoms with Gasteiger partial charge in [0.2, 0.25) is 15.9 Å². The summed E-state index contributed by atoms with van der Waals surface area (Å²) >= 11 is 1.35. The van der Waals surface area contributed by atoms with E-state index in [1.807, 2.05) is 6.92 Å². The molecule has 0 radical (unpaired) electrons. The van der Waals surface area contributed by atoms with Gasteiger partial charge in [0.15, 0.2) is 5.16 Å². The van der Waals surface area contributed by atoms with Crippen molar-refractivity contribution in [2.45, 2.75) is 35.9 Å². The van der Waals surface area contributed by atoms with Gasteiger partial charge in [-0.3, -0.25) is 4.79 Å². The van der Waals surface area contributed by atoms with E-state index in [-0.39, 0.29) is 16.6 Å². The van der Waals surface area contributed by atoms with E-state index < -0.39 is 10.0 Å². The lowest BCUT2D eigenvalue weighted by atomic mass is 10.3. The van der Waals surface area contributed by atoms with Crippen LogP contribution in [0.25, 0.3) is 0 Å². The molecule has 11 heteroatoms. The molecular weight excluding hydrogens is 414 g/mol. The van der Waals surface area contributed by atoms with E-state index in [4.69, 9.17) is 4.74 Å². The molecule has 2 fully saturated rings. The molecule has 1 aliphatic carbocycles. The Morgan fingerprint density at radius 1 is 1.21 bits per heavy atom. The minimum absolute atomic E-state index is 0.179. The highest BCUT2D eigenvalue weighted by atomic mass is 32.2. The standard InChI is InChI=1S/C18H23N5O4S2/c1-13-20-21-18(23(13)15-4-5-15)28-12-17(24)19-14-2-6-16(7-3-14)29(25,26)22-8-10-27-11-9-22/h2-3,6-7,15H,4-5,8-12H2,1H3,(H,19,24). The summed E-state index contributed by atoms with van der Waals surface area (Å²) in [5.74, 6) is 0.896. The van der Waals surface area contributed by atoms with Crippen LogP contribution in [-0.2, 0) is 19.6 Å². The molecule has 9 nitrogen and oxygen atoms in total. The Balaban J connectivity index is 1.34. The maximum Gasteiger partial charge on any atom is 0.243 e. The summed E-state index contributed by atoms with van der Waals surface area (Å²) in [6.45, 7) is 3.42. The van der Waals surface area contributed by atoms with Gasteiger partial charge in [-0.2, -0.15) is 4.31 Å². The van der Waals surface area contributed by atoms with Gasteiger partial charge in [-0.25, -0.2) is 8.42 Å². The highest BCUT2D eigenvalue weighted by Gasteiger charge is 2.29. The highest BCUT2D eigenvalue weighted by Crippen LogP contribution is 2.38. The van der Waals surface area contributed by atoms with Crippen molar-refractivity contribution < 1.29 is 17.9 Å². The third-order valence-electron chi connectivity index (χ3n) is 4.83. The van der Waals surface area contributed by atoms with E-state index in [0.29, 0.717) is 38.0 Å². The van der Waals surface area contributed by atoms with Crippen molar-refractivity contribution in [3.05, 3.63) is 30.1 Å². The third kappa shape index (κ3) is 4.63. The van der Waals surface area contributed by atoms with Crippen LogP contribution in [0.2, 0.25) is 0 Å². The summed E-state index contributed by atoms with van der Waals surface area (Å²) in [6.07, 6.45) is 2.25. The van der Waals surface area contributed by atoms with Gasteiger partial charge in [0.05, 0.1) is 23.9 Å². The summed E-state index contributed by atoms with van der Waals surface area (Å²) in [6, 6.07) is 6.69. The number of anilines is 1. The Morgan fingerprint density at radius 2 is 1.90 bits per heavy atom. The van der Waals surface area contributed by atoms with Crippen LogP contribution >= 0.6 is 11.8 Å². The molecular formula is C18H23N5O4S2. The van der Waals surface area contributed by atoms with Crippen LogP contribution < -0.4 is 5.32 Å². The maximum atomic E-state index is 12.6. The second-order valence-electron chi connectivity index (χ2n) is 7.01. The predicted molar refractivity (Wildman–Crippen MR) is 108 cm³/mol. The number of morpholine rings is 1. The van der Waals surface area contributed by atoms with Crippen molar-refractivity contribution >= 4 is 33.4 Å². The van der Waals surface area contributed by atoms with E-state index in [2.05, 4.69) is 20.1 Å². The van der Waals surface area contributed by atoms with Gasteiger partial charge in [0, 0.05) is 24.8 Å². The second-order valence-corrected chi connectivity index (χ2v) is 9.89. The van der Waals surface area contributed by atoms with E-state index in [0.717, 1.165) is 23.8 Å². The Kier molecular flexibility index (Phi) is 5.91. The van der Waals surface area contributed by atoms with E-state index in [9.17, 15) is 13.2 Å². The summed E-state index contributed by atoms with van der Waals surface area (Å²) in [4.78, 5) is 12.5. The Hall–Kier alpha value is -1.95. The number of hydrogen-bond acceptors (Lipinski definition) is 7. The van der Waals surface area contributed by atoms with Crippen LogP contribution in [0.3, 0.4) is 0 Å². The molecule has 1 aliphatic heterocycles. The topological polar surface area (TPSA) is 106 Å². The lowest BCUT2D eigenvalue weighted by Gasteiger charge is -2.26. The smallest absolute Gasteiger partial charge is 0.243 e. The number of thioether (sulfide) groups is 1. The molecule has 2 aliphatic rings. The van der Waals surface area contributed by atoms with Crippen molar-refractivity contribution in [3.63, 3.8) is 0 Å². The molecule has 4 rings (SSSR count). The number of benzene rings is 1.